The highest BCUT2D eigenvalue weighted by molar-refractivity contribution is 6.01. The quantitative estimate of drug-likeness (QED) is 0.626. The normalized spacial score (nSPS) is 18.8. The van der Waals surface area contributed by atoms with Crippen LogP contribution >= 0.6 is 0 Å². The lowest BCUT2D eigenvalue weighted by molar-refractivity contribution is -0.135. The molecule has 4 N–H and O–H groups in total. The molecule has 2 aromatic rings. The van der Waals surface area contributed by atoms with Gasteiger partial charge in [0.05, 0.1) is 5.56 Å². The zero-order chi connectivity index (χ0) is 22.5. The van der Waals surface area contributed by atoms with Crippen LogP contribution in [0.4, 0.5) is 10.1 Å². The first kappa shape index (κ1) is 22.3. The number of hydrogen-bond donors (Lipinski definition) is 3. The smallest absolute Gasteiger partial charge is 0.254 e. The van der Waals surface area contributed by atoms with Crippen molar-refractivity contribution < 1.29 is 14.0 Å². The molecule has 7 heteroatoms. The molecule has 0 bridgehead atoms. The fourth-order valence-corrected chi connectivity index (χ4v) is 4.96. The maximum absolute atomic E-state index is 13.7. The van der Waals surface area contributed by atoms with Crippen molar-refractivity contribution in [2.24, 2.45) is 11.8 Å². The maximum Gasteiger partial charge on any atom is 0.254 e. The molecule has 2 aliphatic rings. The molecule has 170 valence electrons. The molecule has 32 heavy (non-hydrogen) atoms. The Morgan fingerprint density at radius 1 is 1.00 bits per heavy atom. The van der Waals surface area contributed by atoms with Gasteiger partial charge in [0.25, 0.3) is 5.91 Å². The molecule has 0 aromatic heterocycles. The van der Waals surface area contributed by atoms with Gasteiger partial charge in [-0.15, -0.1) is 0 Å². The number of nitrogen functional groups attached to an aromatic ring is 1. The zero-order valence-corrected chi connectivity index (χ0v) is 18.2. The fourth-order valence-electron chi connectivity index (χ4n) is 4.96. The molecule has 0 spiro atoms. The first-order chi connectivity index (χ1) is 15.5. The summed E-state index contributed by atoms with van der Waals surface area (Å²) in [7, 11) is 0. The topological polar surface area (TPSA) is 87.5 Å². The molecule has 2 aromatic carbocycles. The van der Waals surface area contributed by atoms with E-state index in [0.717, 1.165) is 37.9 Å². The van der Waals surface area contributed by atoms with E-state index in [4.69, 9.17) is 5.73 Å². The lowest BCUT2D eigenvalue weighted by atomic mass is 9.79. The van der Waals surface area contributed by atoms with Crippen molar-refractivity contribution in [3.63, 3.8) is 0 Å². The molecule has 2 heterocycles. The number of nitrogens with zero attached hydrogens (tertiary/aromatic N) is 1. The van der Waals surface area contributed by atoms with Crippen LogP contribution in [-0.2, 0) is 4.79 Å². The number of benzene rings is 2. The Hall–Kier alpha value is -2.93. The number of carbonyl (C=O) groups excluding carboxylic acids is 2. The Labute approximate surface area is 188 Å². The lowest BCUT2D eigenvalue weighted by Gasteiger charge is -2.39. The van der Waals surface area contributed by atoms with Crippen molar-refractivity contribution >= 4 is 17.5 Å². The molecule has 2 saturated heterocycles. The van der Waals surface area contributed by atoms with Crippen molar-refractivity contribution in [2.75, 3.05) is 31.9 Å². The van der Waals surface area contributed by atoms with Gasteiger partial charge in [0.15, 0.2) is 0 Å². The molecule has 1 atom stereocenters. The Morgan fingerprint density at radius 3 is 2.34 bits per heavy atom. The highest BCUT2D eigenvalue weighted by atomic mass is 19.1. The molecule has 4 rings (SSSR count). The summed E-state index contributed by atoms with van der Waals surface area (Å²) in [5.41, 5.74) is 6.78. The van der Waals surface area contributed by atoms with Gasteiger partial charge in [-0.2, -0.15) is 0 Å². The van der Waals surface area contributed by atoms with Gasteiger partial charge in [0, 0.05) is 18.8 Å². The van der Waals surface area contributed by atoms with Crippen molar-refractivity contribution in [1.29, 1.82) is 0 Å². The zero-order valence-electron chi connectivity index (χ0n) is 18.2. The van der Waals surface area contributed by atoms with Crippen molar-refractivity contribution in [3.05, 3.63) is 65.5 Å². The number of amides is 2. The van der Waals surface area contributed by atoms with Crippen LogP contribution in [0.1, 0.15) is 47.6 Å². The Kier molecular flexibility index (Phi) is 7.05. The summed E-state index contributed by atoms with van der Waals surface area (Å²) in [6.45, 7) is 3.54. The molecule has 0 saturated carbocycles. The lowest BCUT2D eigenvalue weighted by Crippen LogP contribution is -2.47. The number of hydrogen-bond acceptors (Lipinski definition) is 4. The monoisotopic (exact) mass is 438 g/mol. The third kappa shape index (κ3) is 5.10. The largest absolute Gasteiger partial charge is 0.398 e. The summed E-state index contributed by atoms with van der Waals surface area (Å²) >= 11 is 0. The van der Waals surface area contributed by atoms with Crippen LogP contribution in [0.3, 0.4) is 0 Å². The number of rotatable bonds is 5. The van der Waals surface area contributed by atoms with Crippen LogP contribution in [-0.4, -0.2) is 42.9 Å². The number of anilines is 1. The Morgan fingerprint density at radius 2 is 1.66 bits per heavy atom. The summed E-state index contributed by atoms with van der Waals surface area (Å²) in [5, 5.41) is 6.22. The second-order valence-electron chi connectivity index (χ2n) is 8.80. The van der Waals surface area contributed by atoms with Gasteiger partial charge in [-0.1, -0.05) is 30.3 Å². The number of nitrogens with one attached hydrogen (secondary N) is 2. The first-order valence-corrected chi connectivity index (χ1v) is 11.4. The van der Waals surface area contributed by atoms with E-state index in [1.54, 1.807) is 0 Å². The highest BCUT2D eigenvalue weighted by Gasteiger charge is 2.33. The van der Waals surface area contributed by atoms with E-state index < -0.39 is 17.8 Å². The molecular weight excluding hydrogens is 407 g/mol. The summed E-state index contributed by atoms with van der Waals surface area (Å²) < 4.78 is 13.7. The van der Waals surface area contributed by atoms with Crippen LogP contribution < -0.4 is 16.4 Å². The van der Waals surface area contributed by atoms with Crippen LogP contribution in [0.25, 0.3) is 0 Å². The molecular formula is C25H31FN4O2. The fraction of sp³-hybridized carbons (Fsp3) is 0.440. The summed E-state index contributed by atoms with van der Waals surface area (Å²) in [5.74, 6) is 0.135. The Balaban J connectivity index is 1.48. The summed E-state index contributed by atoms with van der Waals surface area (Å²) in [6.07, 6.45) is 4.39. The van der Waals surface area contributed by atoms with Gasteiger partial charge in [0.2, 0.25) is 5.91 Å². The molecule has 2 aliphatic heterocycles. The van der Waals surface area contributed by atoms with Crippen LogP contribution in [0.5, 0.6) is 0 Å². The van der Waals surface area contributed by atoms with Crippen LogP contribution in [0.2, 0.25) is 0 Å². The number of piperidine rings is 2. The van der Waals surface area contributed by atoms with Gasteiger partial charge in [-0.3, -0.25) is 9.59 Å². The average molecular weight is 439 g/mol. The van der Waals surface area contributed by atoms with Crippen molar-refractivity contribution in [2.45, 2.75) is 31.7 Å². The third-order valence-electron chi connectivity index (χ3n) is 6.82. The average Bonchev–Trinajstić information content (AvgIpc) is 2.84. The SMILES string of the molecule is Nc1ccc(F)cc1C(=O)NC(C(=O)N1CCC(C2CCNCC2)CC1)c1ccccc1. The number of nitrogens with two attached hydrogens (primary N) is 1. The van der Waals surface area contributed by atoms with E-state index in [2.05, 4.69) is 10.6 Å². The number of likely N-dealkylation sites (tertiary alicyclic amines) is 1. The maximum atomic E-state index is 13.7. The predicted octanol–water partition coefficient (Wildman–Crippen LogP) is 3.12. The van der Waals surface area contributed by atoms with Gasteiger partial charge in [-0.25, -0.2) is 4.39 Å². The highest BCUT2D eigenvalue weighted by Crippen LogP contribution is 2.32. The summed E-state index contributed by atoms with van der Waals surface area (Å²) in [6, 6.07) is 12.0. The second-order valence-corrected chi connectivity index (χ2v) is 8.80. The van der Waals surface area contributed by atoms with E-state index in [0.29, 0.717) is 24.6 Å². The third-order valence-corrected chi connectivity index (χ3v) is 6.82. The predicted molar refractivity (Wildman–Crippen MR) is 122 cm³/mol. The van der Waals surface area contributed by atoms with E-state index in [1.165, 1.54) is 25.0 Å². The standard InChI is InChI=1S/C25H31FN4O2/c26-20-6-7-22(27)21(16-20)24(31)29-23(19-4-2-1-3-5-19)25(32)30-14-10-18(11-15-30)17-8-12-28-13-9-17/h1-7,16-18,23,28H,8-15,27H2,(H,29,31). The van der Waals surface area contributed by atoms with Gasteiger partial charge in [0.1, 0.15) is 11.9 Å². The molecule has 6 nitrogen and oxygen atoms in total. The van der Waals surface area contributed by atoms with Gasteiger partial charge in [-0.05, 0) is 74.4 Å². The van der Waals surface area contributed by atoms with Crippen molar-refractivity contribution in [1.82, 2.24) is 15.5 Å². The first-order valence-electron chi connectivity index (χ1n) is 11.4. The Bertz CT molecular complexity index is 938. The van der Waals surface area contributed by atoms with Crippen LogP contribution in [0, 0.1) is 17.7 Å². The van der Waals surface area contributed by atoms with E-state index in [1.807, 2.05) is 35.2 Å². The van der Waals surface area contributed by atoms with Crippen molar-refractivity contribution in [3.8, 4) is 0 Å². The minimum atomic E-state index is -0.846. The molecule has 2 amide bonds. The number of carbonyl (C=O) groups is 2. The number of halogens is 1. The molecule has 0 aliphatic carbocycles. The minimum Gasteiger partial charge on any atom is -0.398 e. The van der Waals surface area contributed by atoms with E-state index in [9.17, 15) is 14.0 Å². The molecule has 1 unspecified atom stereocenters. The van der Waals surface area contributed by atoms with Crippen LogP contribution in [0.15, 0.2) is 48.5 Å². The second kappa shape index (κ2) is 10.1. The molecule has 0 radical (unpaired) electrons. The van der Waals surface area contributed by atoms with Gasteiger partial charge >= 0.3 is 0 Å². The summed E-state index contributed by atoms with van der Waals surface area (Å²) in [4.78, 5) is 28.3. The van der Waals surface area contributed by atoms with Gasteiger partial charge < -0.3 is 21.3 Å². The minimum absolute atomic E-state index is 0.0309. The van der Waals surface area contributed by atoms with E-state index in [-0.39, 0.29) is 17.2 Å². The van der Waals surface area contributed by atoms with E-state index >= 15 is 0 Å². The molecule has 2 fully saturated rings.